The normalized spacial score (nSPS) is 10.8. The zero-order valence-corrected chi connectivity index (χ0v) is 17.1. The van der Waals surface area contributed by atoms with E-state index >= 15 is 0 Å². The van der Waals surface area contributed by atoms with Crippen LogP contribution in [0.25, 0.3) is 5.69 Å². The molecule has 0 bridgehead atoms. The van der Waals surface area contributed by atoms with Gasteiger partial charge in [0.15, 0.2) is 5.69 Å². The molecule has 3 aromatic rings. The molecule has 2 amide bonds. The number of nitrogens with one attached hydrogen (secondary N) is 2. The van der Waals surface area contributed by atoms with Crippen molar-refractivity contribution in [2.75, 3.05) is 11.9 Å². The van der Waals surface area contributed by atoms with Crippen LogP contribution >= 0.6 is 11.6 Å². The predicted octanol–water partition coefficient (Wildman–Crippen LogP) is 4.09. The minimum absolute atomic E-state index is 0.146. The van der Waals surface area contributed by atoms with Crippen molar-refractivity contribution in [1.82, 2.24) is 15.1 Å². The smallest absolute Gasteiger partial charge is 0.271 e. The Bertz CT molecular complexity index is 999. The van der Waals surface area contributed by atoms with Crippen LogP contribution in [0.2, 0.25) is 5.02 Å². The Kier molecular flexibility index (Phi) is 6.67. The van der Waals surface area contributed by atoms with Crippen LogP contribution < -0.4 is 10.6 Å². The first-order chi connectivity index (χ1) is 14.0. The third-order valence-electron chi connectivity index (χ3n) is 4.36. The van der Waals surface area contributed by atoms with Gasteiger partial charge in [0.2, 0.25) is 5.91 Å². The average Bonchev–Trinajstić information content (AvgIpc) is 3.14. The molecule has 0 unspecified atom stereocenters. The largest absolute Gasteiger partial charge is 0.350 e. The van der Waals surface area contributed by atoms with E-state index in [9.17, 15) is 9.59 Å². The highest BCUT2D eigenvalue weighted by atomic mass is 35.5. The van der Waals surface area contributed by atoms with E-state index in [0.29, 0.717) is 23.8 Å². The van der Waals surface area contributed by atoms with E-state index in [1.807, 2.05) is 54.6 Å². The van der Waals surface area contributed by atoms with E-state index in [2.05, 4.69) is 15.7 Å². The summed E-state index contributed by atoms with van der Waals surface area (Å²) in [5, 5.41) is 10.8. The van der Waals surface area contributed by atoms with E-state index in [1.165, 1.54) is 0 Å². The lowest BCUT2D eigenvalue weighted by Crippen LogP contribution is -2.26. The lowest BCUT2D eigenvalue weighted by atomic mass is 10.1. The number of halogens is 1. The number of hydrogen-bond donors (Lipinski definition) is 2. The van der Waals surface area contributed by atoms with Gasteiger partial charge in [0.25, 0.3) is 5.91 Å². The first-order valence-electron chi connectivity index (χ1n) is 9.43. The number of rotatable bonds is 7. The number of benzene rings is 2. The van der Waals surface area contributed by atoms with Crippen LogP contribution in [0.1, 0.15) is 29.9 Å². The van der Waals surface area contributed by atoms with Crippen LogP contribution in [0, 0.1) is 5.92 Å². The predicted molar refractivity (Wildman–Crippen MR) is 115 cm³/mol. The second-order valence-electron chi connectivity index (χ2n) is 6.90. The minimum Gasteiger partial charge on any atom is -0.350 e. The van der Waals surface area contributed by atoms with Crippen LogP contribution in [0.4, 0.5) is 5.82 Å². The number of carbonyl (C=O) groups excluding carboxylic acids is 2. The highest BCUT2D eigenvalue weighted by Gasteiger charge is 2.18. The Hall–Kier alpha value is -3.12. The average molecular weight is 411 g/mol. The van der Waals surface area contributed by atoms with Crippen molar-refractivity contribution >= 4 is 29.2 Å². The maximum atomic E-state index is 12.6. The Morgan fingerprint density at radius 3 is 2.45 bits per heavy atom. The molecule has 150 valence electrons. The van der Waals surface area contributed by atoms with Crippen molar-refractivity contribution in [2.45, 2.75) is 20.3 Å². The summed E-state index contributed by atoms with van der Waals surface area (Å²) in [4.78, 5) is 24.8. The minimum atomic E-state index is -0.313. The molecular weight excluding hydrogens is 388 g/mol. The Balaban J connectivity index is 1.76. The zero-order valence-electron chi connectivity index (χ0n) is 16.4. The summed E-state index contributed by atoms with van der Waals surface area (Å²) >= 11 is 6.15. The number of para-hydroxylation sites is 1. The maximum Gasteiger partial charge on any atom is 0.271 e. The van der Waals surface area contributed by atoms with Crippen LogP contribution in [0.5, 0.6) is 0 Å². The molecule has 0 saturated carbocycles. The van der Waals surface area contributed by atoms with E-state index in [-0.39, 0.29) is 23.4 Å². The number of amides is 2. The molecule has 0 spiro atoms. The lowest BCUT2D eigenvalue weighted by Gasteiger charge is -2.10. The standard InChI is InChI=1S/C22H23ClN4O2/c1-15(2)21(28)25-20-14-19(26-27(20)17-9-4-3-5-10-17)22(29)24-13-12-16-8-6-7-11-18(16)23/h3-11,14-15H,12-13H2,1-2H3,(H,24,29)(H,25,28). The number of anilines is 1. The molecule has 0 aliphatic heterocycles. The van der Waals surface area contributed by atoms with Crippen LogP contribution in [0.15, 0.2) is 60.7 Å². The van der Waals surface area contributed by atoms with E-state index in [1.54, 1.807) is 24.6 Å². The van der Waals surface area contributed by atoms with Crippen molar-refractivity contribution in [3.8, 4) is 5.69 Å². The molecule has 2 aromatic carbocycles. The third kappa shape index (κ3) is 5.23. The van der Waals surface area contributed by atoms with Gasteiger partial charge in [-0.15, -0.1) is 0 Å². The van der Waals surface area contributed by atoms with E-state index < -0.39 is 0 Å². The van der Waals surface area contributed by atoms with Crippen LogP contribution in [-0.4, -0.2) is 28.1 Å². The fourth-order valence-electron chi connectivity index (χ4n) is 2.72. The fourth-order valence-corrected chi connectivity index (χ4v) is 2.95. The Morgan fingerprint density at radius 1 is 1.07 bits per heavy atom. The summed E-state index contributed by atoms with van der Waals surface area (Å²) in [5.41, 5.74) is 1.95. The summed E-state index contributed by atoms with van der Waals surface area (Å²) in [6.07, 6.45) is 0.613. The van der Waals surface area contributed by atoms with Gasteiger partial charge in [-0.2, -0.15) is 5.10 Å². The maximum absolute atomic E-state index is 12.6. The SMILES string of the molecule is CC(C)C(=O)Nc1cc(C(=O)NCCc2ccccc2Cl)nn1-c1ccccc1. The molecule has 0 saturated heterocycles. The quantitative estimate of drug-likeness (QED) is 0.615. The molecule has 2 N–H and O–H groups in total. The van der Waals surface area contributed by atoms with Gasteiger partial charge in [-0.1, -0.05) is 61.8 Å². The fraction of sp³-hybridized carbons (Fsp3) is 0.227. The summed E-state index contributed by atoms with van der Waals surface area (Å²) < 4.78 is 1.56. The molecule has 1 aromatic heterocycles. The van der Waals surface area contributed by atoms with Gasteiger partial charge in [-0.05, 0) is 30.2 Å². The highest BCUT2D eigenvalue weighted by molar-refractivity contribution is 6.31. The van der Waals surface area contributed by atoms with Crippen LogP contribution in [-0.2, 0) is 11.2 Å². The summed E-state index contributed by atoms with van der Waals surface area (Å²) in [6, 6.07) is 18.5. The molecule has 0 atom stereocenters. The Morgan fingerprint density at radius 2 is 1.76 bits per heavy atom. The molecule has 0 aliphatic carbocycles. The molecule has 7 heteroatoms. The molecule has 0 fully saturated rings. The zero-order chi connectivity index (χ0) is 20.8. The highest BCUT2D eigenvalue weighted by Crippen LogP contribution is 2.19. The number of nitrogens with zero attached hydrogens (tertiary/aromatic N) is 2. The van der Waals surface area contributed by atoms with E-state index in [4.69, 9.17) is 11.6 Å². The van der Waals surface area contributed by atoms with Gasteiger partial charge in [0.1, 0.15) is 5.82 Å². The summed E-state index contributed by atoms with van der Waals surface area (Å²) in [6.45, 7) is 4.04. The van der Waals surface area contributed by atoms with Crippen molar-refractivity contribution in [1.29, 1.82) is 0 Å². The van der Waals surface area contributed by atoms with E-state index in [0.717, 1.165) is 11.3 Å². The topological polar surface area (TPSA) is 76.0 Å². The van der Waals surface area contributed by atoms with Gasteiger partial charge in [0.05, 0.1) is 5.69 Å². The van der Waals surface area contributed by atoms with Crippen LogP contribution in [0.3, 0.4) is 0 Å². The number of aromatic nitrogens is 2. The number of hydrogen-bond acceptors (Lipinski definition) is 3. The summed E-state index contributed by atoms with van der Waals surface area (Å²) in [5.74, 6) is -0.201. The molecule has 1 heterocycles. The van der Waals surface area contributed by atoms with Crippen molar-refractivity contribution < 1.29 is 9.59 Å². The van der Waals surface area contributed by atoms with Crippen molar-refractivity contribution in [2.24, 2.45) is 5.92 Å². The first kappa shape index (κ1) is 20.6. The van der Waals surface area contributed by atoms with Crippen molar-refractivity contribution in [3.05, 3.63) is 76.9 Å². The monoisotopic (exact) mass is 410 g/mol. The molecule has 0 radical (unpaired) electrons. The second-order valence-corrected chi connectivity index (χ2v) is 7.31. The van der Waals surface area contributed by atoms with Gasteiger partial charge < -0.3 is 10.6 Å². The van der Waals surface area contributed by atoms with Gasteiger partial charge in [0, 0.05) is 23.6 Å². The summed E-state index contributed by atoms with van der Waals surface area (Å²) in [7, 11) is 0. The first-order valence-corrected chi connectivity index (χ1v) is 9.81. The lowest BCUT2D eigenvalue weighted by molar-refractivity contribution is -0.118. The number of carbonyl (C=O) groups is 2. The third-order valence-corrected chi connectivity index (χ3v) is 4.72. The van der Waals surface area contributed by atoms with Crippen molar-refractivity contribution in [3.63, 3.8) is 0 Å². The molecular formula is C22H23ClN4O2. The molecule has 3 rings (SSSR count). The molecule has 6 nitrogen and oxygen atoms in total. The van der Waals surface area contributed by atoms with Gasteiger partial charge in [-0.25, -0.2) is 4.68 Å². The second kappa shape index (κ2) is 9.39. The molecule has 0 aliphatic rings. The van der Waals surface area contributed by atoms with Gasteiger partial charge in [-0.3, -0.25) is 9.59 Å². The van der Waals surface area contributed by atoms with Gasteiger partial charge >= 0.3 is 0 Å². The Labute approximate surface area is 174 Å². The molecule has 29 heavy (non-hydrogen) atoms.